The van der Waals surface area contributed by atoms with Crippen molar-refractivity contribution in [1.29, 1.82) is 0 Å². The highest BCUT2D eigenvalue weighted by molar-refractivity contribution is 4.99. The van der Waals surface area contributed by atoms with Crippen molar-refractivity contribution < 1.29 is 0 Å². The first-order valence-corrected chi connectivity index (χ1v) is 4.18. The van der Waals surface area contributed by atoms with E-state index in [4.69, 9.17) is 0 Å². The Kier molecular flexibility index (Phi) is 6.81. The first-order valence-electron chi connectivity index (χ1n) is 4.18. The van der Waals surface area contributed by atoms with E-state index in [0.717, 1.165) is 25.7 Å². The number of allylic oxidation sites excluding steroid dienone is 4. The van der Waals surface area contributed by atoms with Gasteiger partial charge in [-0.3, -0.25) is 0 Å². The van der Waals surface area contributed by atoms with Crippen LogP contribution in [-0.2, 0) is 0 Å². The van der Waals surface area contributed by atoms with Crippen LogP contribution in [0.2, 0.25) is 0 Å². The summed E-state index contributed by atoms with van der Waals surface area (Å²) in [5, 5.41) is 0. The molecule has 0 heteroatoms. The fraction of sp³-hybridized carbons (Fsp3) is 0.455. The van der Waals surface area contributed by atoms with Crippen LogP contribution in [-0.4, -0.2) is 0 Å². The Morgan fingerprint density at radius 1 is 1.09 bits per heavy atom. The lowest BCUT2D eigenvalue weighted by molar-refractivity contribution is 0.945. The number of hydrogen-bond donors (Lipinski definition) is 0. The van der Waals surface area contributed by atoms with Crippen LogP contribution < -0.4 is 0 Å². The van der Waals surface area contributed by atoms with E-state index in [1.807, 2.05) is 12.2 Å². The van der Waals surface area contributed by atoms with Gasteiger partial charge in [-0.15, -0.1) is 13.2 Å². The van der Waals surface area contributed by atoms with Crippen molar-refractivity contribution >= 4 is 0 Å². The summed E-state index contributed by atoms with van der Waals surface area (Å²) in [4.78, 5) is 0. The van der Waals surface area contributed by atoms with E-state index < -0.39 is 0 Å². The van der Waals surface area contributed by atoms with Crippen LogP contribution >= 0.6 is 0 Å². The summed E-state index contributed by atoms with van der Waals surface area (Å²) in [6, 6.07) is 0. The molecule has 0 aliphatic carbocycles. The molecule has 0 amide bonds. The maximum absolute atomic E-state index is 3.69. The minimum atomic E-state index is 1.09. The topological polar surface area (TPSA) is 0 Å². The molecule has 0 spiro atoms. The summed E-state index contributed by atoms with van der Waals surface area (Å²) >= 11 is 0. The fourth-order valence-corrected chi connectivity index (χ4v) is 0.879. The highest BCUT2D eigenvalue weighted by Crippen LogP contribution is 2.06. The minimum Gasteiger partial charge on any atom is -0.103 e. The zero-order valence-electron chi connectivity index (χ0n) is 7.47. The van der Waals surface area contributed by atoms with Crippen LogP contribution in [0.3, 0.4) is 0 Å². The molecule has 0 aromatic heterocycles. The fourth-order valence-electron chi connectivity index (χ4n) is 0.879. The predicted molar refractivity (Wildman–Crippen MR) is 52.6 cm³/mol. The predicted octanol–water partition coefficient (Wildman–Crippen LogP) is 3.87. The lowest BCUT2D eigenvalue weighted by atomic mass is 10.1. The summed E-state index contributed by atoms with van der Waals surface area (Å²) < 4.78 is 0. The molecule has 0 radical (unpaired) electrons. The average Bonchev–Trinajstić information content (AvgIpc) is 2.01. The molecule has 62 valence electrons. The van der Waals surface area contributed by atoms with E-state index in [9.17, 15) is 0 Å². The van der Waals surface area contributed by atoms with E-state index in [-0.39, 0.29) is 0 Å². The smallest absolute Gasteiger partial charge is 0.0288 e. The number of unbranched alkanes of at least 4 members (excludes halogenated alkanes) is 1. The zero-order valence-corrected chi connectivity index (χ0v) is 7.47. The third-order valence-corrected chi connectivity index (χ3v) is 1.61. The van der Waals surface area contributed by atoms with Crippen molar-refractivity contribution in [2.75, 3.05) is 0 Å². The second kappa shape index (κ2) is 7.33. The molecule has 0 heterocycles. The van der Waals surface area contributed by atoms with Gasteiger partial charge >= 0.3 is 0 Å². The molecule has 0 nitrogen and oxygen atoms in total. The molecule has 0 atom stereocenters. The molecule has 0 aliphatic rings. The Morgan fingerprint density at radius 3 is 2.27 bits per heavy atom. The first kappa shape index (κ1) is 10.2. The van der Waals surface area contributed by atoms with Gasteiger partial charge in [-0.2, -0.15) is 0 Å². The highest BCUT2D eigenvalue weighted by atomic mass is 13.9. The van der Waals surface area contributed by atoms with Crippen molar-refractivity contribution in [2.45, 2.75) is 32.6 Å². The van der Waals surface area contributed by atoms with Crippen LogP contribution in [0.4, 0.5) is 0 Å². The second-order valence-electron chi connectivity index (χ2n) is 2.74. The maximum Gasteiger partial charge on any atom is -0.0288 e. The summed E-state index contributed by atoms with van der Waals surface area (Å²) in [5.74, 6) is 0. The second-order valence-corrected chi connectivity index (χ2v) is 2.74. The van der Waals surface area contributed by atoms with E-state index >= 15 is 0 Å². The van der Waals surface area contributed by atoms with Gasteiger partial charge in [0.05, 0.1) is 0 Å². The van der Waals surface area contributed by atoms with Gasteiger partial charge in [0.1, 0.15) is 0 Å². The summed E-state index contributed by atoms with van der Waals surface area (Å²) in [5.41, 5.74) is 1.46. The summed E-state index contributed by atoms with van der Waals surface area (Å²) in [7, 11) is 0. The molecule has 0 aliphatic heterocycles. The van der Waals surface area contributed by atoms with E-state index in [0.29, 0.717) is 0 Å². The van der Waals surface area contributed by atoms with Gasteiger partial charge in [-0.25, -0.2) is 0 Å². The Balaban J connectivity index is 3.44. The van der Waals surface area contributed by atoms with Gasteiger partial charge in [-0.05, 0) is 32.6 Å². The minimum absolute atomic E-state index is 1.09. The molecule has 11 heavy (non-hydrogen) atoms. The SMILES string of the molecule is C=CCCC=C(C)CCC=C. The third-order valence-electron chi connectivity index (χ3n) is 1.61. The molecular formula is C11H18. The zero-order chi connectivity index (χ0) is 8.53. The van der Waals surface area contributed by atoms with Crippen molar-refractivity contribution in [3.8, 4) is 0 Å². The Hall–Kier alpha value is -0.780. The van der Waals surface area contributed by atoms with Crippen molar-refractivity contribution in [3.63, 3.8) is 0 Å². The number of rotatable bonds is 6. The highest BCUT2D eigenvalue weighted by Gasteiger charge is 1.85. The largest absolute Gasteiger partial charge is 0.103 e. The molecule has 0 rings (SSSR count). The Labute approximate surface area is 70.3 Å². The quantitative estimate of drug-likeness (QED) is 0.398. The van der Waals surface area contributed by atoms with Gasteiger partial charge in [0, 0.05) is 0 Å². The normalized spacial score (nSPS) is 11.2. The molecule has 0 fully saturated rings. The molecule has 0 saturated heterocycles. The van der Waals surface area contributed by atoms with Crippen LogP contribution in [0.1, 0.15) is 32.6 Å². The Morgan fingerprint density at radius 2 is 1.73 bits per heavy atom. The molecule has 0 aromatic rings. The van der Waals surface area contributed by atoms with Crippen LogP contribution in [0.15, 0.2) is 37.0 Å². The molecule has 0 aromatic carbocycles. The van der Waals surface area contributed by atoms with E-state index in [1.54, 1.807) is 0 Å². The van der Waals surface area contributed by atoms with Crippen molar-refractivity contribution in [3.05, 3.63) is 37.0 Å². The van der Waals surface area contributed by atoms with Gasteiger partial charge in [0.15, 0.2) is 0 Å². The lowest BCUT2D eigenvalue weighted by Gasteiger charge is -1.96. The molecule has 0 unspecified atom stereocenters. The average molecular weight is 150 g/mol. The van der Waals surface area contributed by atoms with Gasteiger partial charge in [0.25, 0.3) is 0 Å². The van der Waals surface area contributed by atoms with Crippen LogP contribution in [0.5, 0.6) is 0 Å². The third kappa shape index (κ3) is 7.11. The van der Waals surface area contributed by atoms with E-state index in [2.05, 4.69) is 26.2 Å². The molecule has 0 saturated carbocycles. The first-order chi connectivity index (χ1) is 5.31. The number of hydrogen-bond acceptors (Lipinski definition) is 0. The maximum atomic E-state index is 3.69. The van der Waals surface area contributed by atoms with Gasteiger partial charge < -0.3 is 0 Å². The standard InChI is InChI=1S/C11H18/c1-4-6-8-10-11(3)9-7-5-2/h4-5,10H,1-2,6-9H2,3H3. The summed E-state index contributed by atoms with van der Waals surface area (Å²) in [6.07, 6.45) is 10.7. The van der Waals surface area contributed by atoms with Crippen molar-refractivity contribution in [2.24, 2.45) is 0 Å². The molecule has 0 bridgehead atoms. The monoisotopic (exact) mass is 150 g/mol. The van der Waals surface area contributed by atoms with Gasteiger partial charge in [-0.1, -0.05) is 23.8 Å². The Bertz CT molecular complexity index is 140. The summed E-state index contributed by atoms with van der Waals surface area (Å²) in [6.45, 7) is 9.53. The van der Waals surface area contributed by atoms with Crippen LogP contribution in [0, 0.1) is 0 Å². The van der Waals surface area contributed by atoms with Gasteiger partial charge in [0.2, 0.25) is 0 Å². The molecular weight excluding hydrogens is 132 g/mol. The lowest BCUT2D eigenvalue weighted by Crippen LogP contribution is -1.75. The van der Waals surface area contributed by atoms with Crippen LogP contribution in [0.25, 0.3) is 0 Å². The van der Waals surface area contributed by atoms with E-state index in [1.165, 1.54) is 5.57 Å². The molecule has 0 N–H and O–H groups in total. The van der Waals surface area contributed by atoms with Crippen molar-refractivity contribution in [1.82, 2.24) is 0 Å².